The van der Waals surface area contributed by atoms with Crippen LogP contribution in [0.25, 0.3) is 10.1 Å². The number of fused-ring (bicyclic) bond motifs is 2. The maximum atomic E-state index is 9.73. The van der Waals surface area contributed by atoms with E-state index in [0.29, 0.717) is 5.69 Å². The van der Waals surface area contributed by atoms with Crippen molar-refractivity contribution in [2.45, 2.75) is 25.7 Å². The van der Waals surface area contributed by atoms with Gasteiger partial charge in [0.1, 0.15) is 6.10 Å². The van der Waals surface area contributed by atoms with Crippen molar-refractivity contribution in [2.75, 3.05) is 13.2 Å². The lowest BCUT2D eigenvalue weighted by molar-refractivity contribution is 0.0915. The Morgan fingerprint density at radius 1 is 1.26 bits per heavy atom. The maximum Gasteiger partial charge on any atom is 0.121 e. The molecule has 2 N–H and O–H groups in total. The zero-order valence-electron chi connectivity index (χ0n) is 12.7. The van der Waals surface area contributed by atoms with Crippen molar-refractivity contribution in [1.29, 1.82) is 0 Å². The first kappa shape index (κ1) is 14.8. The van der Waals surface area contributed by atoms with E-state index in [1.165, 1.54) is 15.6 Å². The average molecular weight is 329 g/mol. The number of hydrogen-bond donors (Lipinski definition) is 2. The van der Waals surface area contributed by atoms with Gasteiger partial charge in [0.15, 0.2) is 0 Å². The van der Waals surface area contributed by atoms with Crippen molar-refractivity contribution in [3.8, 4) is 0 Å². The fourth-order valence-corrected chi connectivity index (χ4v) is 4.08. The lowest BCUT2D eigenvalue weighted by Crippen LogP contribution is -2.33. The largest absolute Gasteiger partial charge is 0.393 e. The molecule has 0 fully saturated rings. The minimum Gasteiger partial charge on any atom is -0.393 e. The molecule has 0 saturated carbocycles. The third kappa shape index (κ3) is 2.79. The van der Waals surface area contributed by atoms with E-state index in [9.17, 15) is 5.11 Å². The van der Waals surface area contributed by atoms with Crippen LogP contribution < -0.4 is 0 Å². The second kappa shape index (κ2) is 6.05. The number of aromatic nitrogens is 2. The number of aliphatic hydroxyl groups is 2. The molecule has 120 valence electrons. The van der Waals surface area contributed by atoms with Crippen LogP contribution in [0.1, 0.15) is 23.1 Å². The molecular weight excluding hydrogens is 310 g/mol. The number of hydrogen-bond acceptors (Lipinski definition) is 5. The minimum absolute atomic E-state index is 0.291. The van der Waals surface area contributed by atoms with Crippen LogP contribution in [0.3, 0.4) is 0 Å². The van der Waals surface area contributed by atoms with E-state index in [-0.39, 0.29) is 6.61 Å². The lowest BCUT2D eigenvalue weighted by atomic mass is 10.1. The summed E-state index contributed by atoms with van der Waals surface area (Å²) >= 11 is 1.79. The maximum absolute atomic E-state index is 9.73. The van der Waals surface area contributed by atoms with Gasteiger partial charge in [0.2, 0.25) is 0 Å². The lowest BCUT2D eigenvalue weighted by Gasteiger charge is -2.27. The topological polar surface area (TPSA) is 61.5 Å². The molecule has 23 heavy (non-hydrogen) atoms. The first-order valence-electron chi connectivity index (χ1n) is 7.77. The fraction of sp³-hybridized carbons (Fsp3) is 0.353. The Morgan fingerprint density at radius 2 is 2.13 bits per heavy atom. The Labute approximate surface area is 138 Å². The number of thiophene rings is 1. The van der Waals surface area contributed by atoms with Gasteiger partial charge < -0.3 is 10.2 Å². The van der Waals surface area contributed by atoms with Crippen LogP contribution in [0.5, 0.6) is 0 Å². The highest BCUT2D eigenvalue weighted by atomic mass is 32.1. The average Bonchev–Trinajstić information content (AvgIpc) is 3.18. The Morgan fingerprint density at radius 3 is 3.00 bits per heavy atom. The number of nitrogens with zero attached hydrogens (tertiary/aromatic N) is 3. The molecule has 0 amide bonds. The molecule has 5 nitrogen and oxygen atoms in total. The highest BCUT2D eigenvalue weighted by Gasteiger charge is 2.21. The summed E-state index contributed by atoms with van der Waals surface area (Å²) in [5, 5.41) is 26.8. The molecule has 1 aliphatic rings. The normalized spacial score (nSPS) is 16.6. The van der Waals surface area contributed by atoms with E-state index >= 15 is 0 Å². The van der Waals surface area contributed by atoms with Crippen molar-refractivity contribution in [3.05, 3.63) is 52.7 Å². The van der Waals surface area contributed by atoms with E-state index in [1.807, 2.05) is 10.7 Å². The monoisotopic (exact) mass is 329 g/mol. The Hall–Kier alpha value is -1.73. The number of aliphatic hydroxyl groups excluding tert-OH is 2. The van der Waals surface area contributed by atoms with Crippen LogP contribution >= 0.6 is 11.3 Å². The molecule has 0 bridgehead atoms. The van der Waals surface area contributed by atoms with Gasteiger partial charge in [-0.15, -0.1) is 11.3 Å². The van der Waals surface area contributed by atoms with Gasteiger partial charge in [0.25, 0.3) is 0 Å². The molecule has 0 spiro atoms. The van der Waals surface area contributed by atoms with Gasteiger partial charge in [-0.1, -0.05) is 18.2 Å². The van der Waals surface area contributed by atoms with E-state index in [1.54, 1.807) is 11.3 Å². The molecule has 1 atom stereocenters. The van der Waals surface area contributed by atoms with Crippen LogP contribution in [0.2, 0.25) is 0 Å². The summed E-state index contributed by atoms with van der Waals surface area (Å²) < 4.78 is 3.27. The summed E-state index contributed by atoms with van der Waals surface area (Å²) in [6, 6.07) is 10.4. The number of rotatable bonds is 4. The van der Waals surface area contributed by atoms with Crippen molar-refractivity contribution in [3.63, 3.8) is 0 Å². The molecule has 4 rings (SSSR count). The molecule has 0 radical (unpaired) electrons. The van der Waals surface area contributed by atoms with Crippen LogP contribution in [-0.4, -0.2) is 38.0 Å². The Balaban J connectivity index is 1.53. The van der Waals surface area contributed by atoms with Crippen LogP contribution in [-0.2, 0) is 19.6 Å². The Kier molecular flexibility index (Phi) is 3.90. The van der Waals surface area contributed by atoms with Gasteiger partial charge in [0, 0.05) is 24.3 Å². The minimum atomic E-state index is -0.887. The molecule has 3 aromatic rings. The van der Waals surface area contributed by atoms with Gasteiger partial charge in [-0.25, -0.2) is 0 Å². The standard InChI is InChI=1S/C17H19N3O2S/c21-10-16(22)15-7-13-9-19(5-6-20(13)18-15)8-12-11-23-17-4-2-1-3-14(12)17/h1-4,7,11,16,21-22H,5-6,8-10H2. The van der Waals surface area contributed by atoms with Crippen molar-refractivity contribution in [2.24, 2.45) is 0 Å². The summed E-state index contributed by atoms with van der Waals surface area (Å²) in [5.41, 5.74) is 3.03. The fourth-order valence-electron chi connectivity index (χ4n) is 3.13. The zero-order valence-corrected chi connectivity index (χ0v) is 13.5. The summed E-state index contributed by atoms with van der Waals surface area (Å²) in [6.45, 7) is 3.20. The molecule has 3 heterocycles. The molecule has 0 aliphatic carbocycles. The van der Waals surface area contributed by atoms with Crippen molar-refractivity contribution in [1.82, 2.24) is 14.7 Å². The van der Waals surface area contributed by atoms with E-state index in [2.05, 4.69) is 39.6 Å². The SMILES string of the molecule is OCC(O)c1cc2n(n1)CCN(Cc1csc3ccccc13)C2. The van der Waals surface area contributed by atoms with E-state index in [4.69, 9.17) is 5.11 Å². The quantitative estimate of drug-likeness (QED) is 0.770. The molecule has 1 aliphatic heterocycles. The molecule has 6 heteroatoms. The molecule has 0 saturated heterocycles. The highest BCUT2D eigenvalue weighted by Crippen LogP contribution is 2.28. The van der Waals surface area contributed by atoms with Crippen molar-refractivity contribution >= 4 is 21.4 Å². The van der Waals surface area contributed by atoms with Gasteiger partial charge in [-0.3, -0.25) is 9.58 Å². The number of benzene rings is 1. The first-order chi connectivity index (χ1) is 11.2. The summed E-state index contributed by atoms with van der Waals surface area (Å²) in [4.78, 5) is 2.40. The predicted molar refractivity (Wildman–Crippen MR) is 90.2 cm³/mol. The van der Waals surface area contributed by atoms with Crippen LogP contribution in [0.15, 0.2) is 35.7 Å². The molecular formula is C17H19N3O2S. The van der Waals surface area contributed by atoms with Gasteiger partial charge in [-0.05, 0) is 28.5 Å². The van der Waals surface area contributed by atoms with Crippen LogP contribution in [0, 0.1) is 0 Å². The molecule has 1 aromatic carbocycles. The predicted octanol–water partition coefficient (Wildman–Crippen LogP) is 2.14. The third-order valence-corrected chi connectivity index (χ3v) is 5.38. The van der Waals surface area contributed by atoms with Gasteiger partial charge in [0.05, 0.1) is 24.5 Å². The van der Waals surface area contributed by atoms with Crippen molar-refractivity contribution < 1.29 is 10.2 Å². The van der Waals surface area contributed by atoms with E-state index < -0.39 is 6.10 Å². The Bertz CT molecular complexity index is 826. The smallest absolute Gasteiger partial charge is 0.121 e. The molecule has 2 aromatic heterocycles. The second-order valence-corrected chi connectivity index (χ2v) is 6.86. The van der Waals surface area contributed by atoms with E-state index in [0.717, 1.165) is 31.9 Å². The second-order valence-electron chi connectivity index (χ2n) is 5.95. The molecule has 1 unspecified atom stereocenters. The first-order valence-corrected chi connectivity index (χ1v) is 8.65. The van der Waals surface area contributed by atoms with Gasteiger partial charge >= 0.3 is 0 Å². The summed E-state index contributed by atoms with van der Waals surface area (Å²) in [6.07, 6.45) is -0.887. The third-order valence-electron chi connectivity index (χ3n) is 4.37. The summed E-state index contributed by atoms with van der Waals surface area (Å²) in [5.74, 6) is 0. The van der Waals surface area contributed by atoms with Gasteiger partial charge in [-0.2, -0.15) is 5.10 Å². The zero-order chi connectivity index (χ0) is 15.8. The van der Waals surface area contributed by atoms with Crippen LogP contribution in [0.4, 0.5) is 0 Å². The summed E-state index contributed by atoms with van der Waals surface area (Å²) in [7, 11) is 0. The highest BCUT2D eigenvalue weighted by molar-refractivity contribution is 7.17.